The van der Waals surface area contributed by atoms with Crippen molar-refractivity contribution in [3.8, 4) is 0 Å². The molecule has 1 unspecified atom stereocenters. The molecule has 18 heavy (non-hydrogen) atoms. The summed E-state index contributed by atoms with van der Waals surface area (Å²) in [4.78, 5) is 13.9. The fourth-order valence-corrected chi connectivity index (χ4v) is 2.48. The van der Waals surface area contributed by atoms with Crippen LogP contribution in [0, 0.1) is 0 Å². The Kier molecular flexibility index (Phi) is 4.33. The van der Waals surface area contributed by atoms with E-state index in [1.807, 2.05) is 30.3 Å². The third-order valence-electron chi connectivity index (χ3n) is 3.49. The predicted molar refractivity (Wildman–Crippen MR) is 69.9 cm³/mol. The number of likely N-dealkylation sites (tertiary alicyclic amines) is 1. The van der Waals surface area contributed by atoms with E-state index in [-0.39, 0.29) is 18.6 Å². The molecule has 4 nitrogen and oxygen atoms in total. The summed E-state index contributed by atoms with van der Waals surface area (Å²) in [6.07, 6.45) is 2.38. The number of nitrogens with zero attached hydrogens (tertiary/aromatic N) is 1. The van der Waals surface area contributed by atoms with E-state index in [1.54, 1.807) is 4.90 Å². The van der Waals surface area contributed by atoms with Crippen molar-refractivity contribution in [1.29, 1.82) is 0 Å². The van der Waals surface area contributed by atoms with E-state index in [4.69, 9.17) is 5.73 Å². The van der Waals surface area contributed by atoms with Crippen LogP contribution in [0.15, 0.2) is 30.3 Å². The first kappa shape index (κ1) is 13.1. The second-order valence-corrected chi connectivity index (χ2v) is 4.81. The van der Waals surface area contributed by atoms with Gasteiger partial charge >= 0.3 is 0 Å². The first-order chi connectivity index (χ1) is 8.72. The highest BCUT2D eigenvalue weighted by molar-refractivity contribution is 5.82. The number of amides is 1. The van der Waals surface area contributed by atoms with Crippen molar-refractivity contribution in [2.24, 2.45) is 5.73 Å². The maximum absolute atomic E-state index is 12.2. The van der Waals surface area contributed by atoms with Crippen molar-refractivity contribution < 1.29 is 9.90 Å². The van der Waals surface area contributed by atoms with E-state index >= 15 is 0 Å². The zero-order valence-corrected chi connectivity index (χ0v) is 10.5. The van der Waals surface area contributed by atoms with Crippen LogP contribution in [-0.4, -0.2) is 41.1 Å². The van der Waals surface area contributed by atoms with Crippen LogP contribution in [0.2, 0.25) is 0 Å². The normalized spacial score (nSPS) is 21.0. The van der Waals surface area contributed by atoms with Crippen molar-refractivity contribution in [1.82, 2.24) is 4.90 Å². The predicted octanol–water partition coefficient (Wildman–Crippen LogP) is 0.540. The molecular weight excluding hydrogens is 228 g/mol. The second kappa shape index (κ2) is 5.98. The maximum atomic E-state index is 12.2. The number of aliphatic hydroxyl groups is 1. The molecule has 1 aromatic rings. The quantitative estimate of drug-likeness (QED) is 0.817. The topological polar surface area (TPSA) is 66.6 Å². The van der Waals surface area contributed by atoms with Gasteiger partial charge in [0.2, 0.25) is 5.91 Å². The lowest BCUT2D eigenvalue weighted by Crippen LogP contribution is -2.47. The van der Waals surface area contributed by atoms with Gasteiger partial charge in [-0.25, -0.2) is 0 Å². The van der Waals surface area contributed by atoms with Gasteiger partial charge in [0.15, 0.2) is 0 Å². The summed E-state index contributed by atoms with van der Waals surface area (Å²) in [6.45, 7) is 0.746. The molecule has 98 valence electrons. The van der Waals surface area contributed by atoms with Crippen LogP contribution >= 0.6 is 0 Å². The standard InChI is InChI=1S/C14H20N2O2/c15-13(9-11-5-2-1-3-6-11)14(18)16-8-4-7-12(16)10-17/h1-3,5-6,12-13,17H,4,7-10,15H2/t12-,13?/m1/s1. The van der Waals surface area contributed by atoms with Crippen LogP contribution in [0.4, 0.5) is 0 Å². The van der Waals surface area contributed by atoms with Gasteiger partial charge < -0.3 is 15.7 Å². The van der Waals surface area contributed by atoms with Gasteiger partial charge in [0.05, 0.1) is 18.7 Å². The molecule has 1 heterocycles. The molecule has 1 aliphatic rings. The molecule has 1 fully saturated rings. The van der Waals surface area contributed by atoms with Crippen molar-refractivity contribution >= 4 is 5.91 Å². The average Bonchev–Trinajstić information content (AvgIpc) is 2.87. The largest absolute Gasteiger partial charge is 0.394 e. The number of benzene rings is 1. The zero-order valence-electron chi connectivity index (χ0n) is 10.5. The van der Waals surface area contributed by atoms with Crippen molar-refractivity contribution in [3.63, 3.8) is 0 Å². The molecule has 3 N–H and O–H groups in total. The fourth-order valence-electron chi connectivity index (χ4n) is 2.48. The number of carbonyl (C=O) groups is 1. The molecule has 0 spiro atoms. The Morgan fingerprint density at radius 3 is 2.83 bits per heavy atom. The Labute approximate surface area is 107 Å². The SMILES string of the molecule is NC(Cc1ccccc1)C(=O)N1CCC[C@@H]1CO. The number of nitrogens with two attached hydrogens (primary N) is 1. The average molecular weight is 248 g/mol. The molecule has 1 amide bonds. The van der Waals surface area contributed by atoms with Gasteiger partial charge in [-0.05, 0) is 24.8 Å². The van der Waals surface area contributed by atoms with Gasteiger partial charge in [-0.15, -0.1) is 0 Å². The van der Waals surface area contributed by atoms with Gasteiger partial charge in [0.1, 0.15) is 0 Å². The Bertz CT molecular complexity index is 394. The molecule has 0 aliphatic carbocycles. The van der Waals surface area contributed by atoms with Crippen molar-refractivity contribution in [2.45, 2.75) is 31.3 Å². The summed E-state index contributed by atoms with van der Waals surface area (Å²) < 4.78 is 0. The lowest BCUT2D eigenvalue weighted by molar-refractivity contribution is -0.134. The molecule has 2 atom stereocenters. The van der Waals surface area contributed by atoms with Gasteiger partial charge in [0, 0.05) is 6.54 Å². The molecule has 0 aromatic heterocycles. The molecule has 1 saturated heterocycles. The Morgan fingerprint density at radius 2 is 2.17 bits per heavy atom. The lowest BCUT2D eigenvalue weighted by Gasteiger charge is -2.26. The van der Waals surface area contributed by atoms with Crippen LogP contribution in [0.1, 0.15) is 18.4 Å². The third-order valence-corrected chi connectivity index (χ3v) is 3.49. The summed E-state index contributed by atoms with van der Waals surface area (Å²) >= 11 is 0. The van der Waals surface area contributed by atoms with Crippen LogP contribution in [-0.2, 0) is 11.2 Å². The minimum Gasteiger partial charge on any atom is -0.394 e. The van der Waals surface area contributed by atoms with Crippen LogP contribution in [0.25, 0.3) is 0 Å². The highest BCUT2D eigenvalue weighted by atomic mass is 16.3. The van der Waals surface area contributed by atoms with Gasteiger partial charge in [0.25, 0.3) is 0 Å². The van der Waals surface area contributed by atoms with E-state index in [9.17, 15) is 9.90 Å². The van der Waals surface area contributed by atoms with E-state index in [1.165, 1.54) is 0 Å². The number of carbonyl (C=O) groups excluding carboxylic acids is 1. The molecule has 1 aliphatic heterocycles. The maximum Gasteiger partial charge on any atom is 0.240 e. The first-order valence-electron chi connectivity index (χ1n) is 6.43. The first-order valence-corrected chi connectivity index (χ1v) is 6.43. The van der Waals surface area contributed by atoms with Crippen LogP contribution in [0.3, 0.4) is 0 Å². The molecular formula is C14H20N2O2. The number of aliphatic hydroxyl groups excluding tert-OH is 1. The van der Waals surface area contributed by atoms with E-state index < -0.39 is 6.04 Å². The summed E-state index contributed by atoms with van der Waals surface area (Å²) in [5.41, 5.74) is 7.04. The second-order valence-electron chi connectivity index (χ2n) is 4.81. The summed E-state index contributed by atoms with van der Waals surface area (Å²) in [5.74, 6) is -0.0459. The van der Waals surface area contributed by atoms with Crippen molar-refractivity contribution in [2.75, 3.05) is 13.2 Å². The monoisotopic (exact) mass is 248 g/mol. The Hall–Kier alpha value is -1.39. The van der Waals surface area contributed by atoms with E-state index in [0.717, 1.165) is 18.4 Å². The molecule has 2 rings (SSSR count). The fraction of sp³-hybridized carbons (Fsp3) is 0.500. The van der Waals surface area contributed by atoms with Crippen LogP contribution in [0.5, 0.6) is 0 Å². The van der Waals surface area contributed by atoms with Crippen molar-refractivity contribution in [3.05, 3.63) is 35.9 Å². The minimum absolute atomic E-state index is 0.0315. The molecule has 1 aromatic carbocycles. The van der Waals surface area contributed by atoms with E-state index in [2.05, 4.69) is 0 Å². The Morgan fingerprint density at radius 1 is 1.44 bits per heavy atom. The van der Waals surface area contributed by atoms with Gasteiger partial charge in [-0.1, -0.05) is 30.3 Å². The number of hydrogen-bond acceptors (Lipinski definition) is 3. The van der Waals surface area contributed by atoms with Gasteiger partial charge in [-0.3, -0.25) is 4.79 Å². The molecule has 0 bridgehead atoms. The third kappa shape index (κ3) is 2.89. The molecule has 0 radical (unpaired) electrons. The zero-order chi connectivity index (χ0) is 13.0. The highest BCUT2D eigenvalue weighted by Gasteiger charge is 2.30. The summed E-state index contributed by atoms with van der Waals surface area (Å²) in [7, 11) is 0. The Balaban J connectivity index is 1.96. The number of hydrogen-bond donors (Lipinski definition) is 2. The lowest BCUT2D eigenvalue weighted by atomic mass is 10.1. The summed E-state index contributed by atoms with van der Waals surface area (Å²) in [6, 6.07) is 9.22. The smallest absolute Gasteiger partial charge is 0.240 e. The molecule has 4 heteroatoms. The van der Waals surface area contributed by atoms with E-state index in [0.29, 0.717) is 13.0 Å². The number of rotatable bonds is 4. The summed E-state index contributed by atoms with van der Waals surface area (Å²) in [5, 5.41) is 9.22. The highest BCUT2D eigenvalue weighted by Crippen LogP contribution is 2.18. The minimum atomic E-state index is -0.514. The molecule has 0 saturated carbocycles. The van der Waals surface area contributed by atoms with Crippen LogP contribution < -0.4 is 5.73 Å². The van der Waals surface area contributed by atoms with Gasteiger partial charge in [-0.2, -0.15) is 0 Å².